The maximum atomic E-state index is 12.3. The average Bonchev–Trinajstić information content (AvgIpc) is 2.89. The summed E-state index contributed by atoms with van der Waals surface area (Å²) in [5.74, 6) is -0.110. The van der Waals surface area contributed by atoms with Crippen LogP contribution in [0.3, 0.4) is 0 Å². The van der Waals surface area contributed by atoms with Gasteiger partial charge in [0, 0.05) is 26.4 Å². The van der Waals surface area contributed by atoms with Crippen molar-refractivity contribution >= 4 is 51.5 Å². The second-order valence-electron chi connectivity index (χ2n) is 4.63. The summed E-state index contributed by atoms with van der Waals surface area (Å²) in [7, 11) is 0. The maximum absolute atomic E-state index is 12.3. The van der Waals surface area contributed by atoms with Crippen LogP contribution in [0.4, 0.5) is 11.4 Å². The van der Waals surface area contributed by atoms with Crippen LogP contribution in [0.5, 0.6) is 0 Å². The molecule has 0 spiro atoms. The van der Waals surface area contributed by atoms with E-state index in [4.69, 9.17) is 11.6 Å². The molecule has 3 nitrogen and oxygen atoms in total. The minimum atomic E-state index is -0.110. The summed E-state index contributed by atoms with van der Waals surface area (Å²) >= 11 is 8.07. The summed E-state index contributed by atoms with van der Waals surface area (Å²) in [5.41, 5.74) is 3.75. The van der Waals surface area contributed by atoms with Gasteiger partial charge in [0.1, 0.15) is 0 Å². The third-order valence-electron chi connectivity index (χ3n) is 3.26. The summed E-state index contributed by atoms with van der Waals surface area (Å²) in [6.45, 7) is 0.940. The molecule has 5 heteroatoms. The Morgan fingerprint density at radius 2 is 2.10 bits per heavy atom. The first-order valence-corrected chi connectivity index (χ1v) is 7.72. The Morgan fingerprint density at radius 3 is 2.90 bits per heavy atom. The molecule has 1 amide bonds. The van der Waals surface area contributed by atoms with E-state index in [-0.39, 0.29) is 5.91 Å². The Bertz CT molecular complexity index is 688. The number of nitrogens with one attached hydrogen (secondary N) is 2. The van der Waals surface area contributed by atoms with Gasteiger partial charge in [0.2, 0.25) is 0 Å². The van der Waals surface area contributed by atoms with E-state index in [0.717, 1.165) is 27.9 Å². The molecule has 0 atom stereocenters. The van der Waals surface area contributed by atoms with Crippen LogP contribution < -0.4 is 10.6 Å². The monoisotopic (exact) mass is 398 g/mol. The first-order valence-electron chi connectivity index (χ1n) is 6.27. The fourth-order valence-corrected chi connectivity index (χ4v) is 3.22. The van der Waals surface area contributed by atoms with Crippen molar-refractivity contribution in [2.45, 2.75) is 6.42 Å². The second kappa shape index (κ2) is 5.61. The predicted octanol–water partition coefficient (Wildman–Crippen LogP) is 4.16. The molecular formula is C15H12ClIN2O. The molecule has 3 rings (SSSR count). The lowest BCUT2D eigenvalue weighted by Gasteiger charge is -2.09. The fraction of sp³-hybridized carbons (Fsp3) is 0.133. The van der Waals surface area contributed by atoms with Gasteiger partial charge >= 0.3 is 0 Å². The SMILES string of the molecule is O=C(Nc1ccc(Cl)cc1I)c1ccc2c(c1)NCC2. The number of benzene rings is 2. The van der Waals surface area contributed by atoms with Crippen LogP contribution >= 0.6 is 34.2 Å². The predicted molar refractivity (Wildman–Crippen MR) is 90.8 cm³/mol. The zero-order valence-electron chi connectivity index (χ0n) is 10.5. The van der Waals surface area contributed by atoms with E-state index in [1.807, 2.05) is 30.3 Å². The third-order valence-corrected chi connectivity index (χ3v) is 4.39. The van der Waals surface area contributed by atoms with Crippen molar-refractivity contribution in [3.63, 3.8) is 0 Å². The summed E-state index contributed by atoms with van der Waals surface area (Å²) < 4.78 is 0.919. The van der Waals surface area contributed by atoms with Crippen molar-refractivity contribution in [2.75, 3.05) is 17.2 Å². The van der Waals surface area contributed by atoms with Crippen LogP contribution in [0.1, 0.15) is 15.9 Å². The van der Waals surface area contributed by atoms with E-state index in [1.54, 1.807) is 6.07 Å². The van der Waals surface area contributed by atoms with Crippen LogP contribution in [0.15, 0.2) is 36.4 Å². The highest BCUT2D eigenvalue weighted by atomic mass is 127. The minimum absolute atomic E-state index is 0.110. The van der Waals surface area contributed by atoms with Gasteiger partial charge < -0.3 is 10.6 Å². The number of carbonyl (C=O) groups is 1. The van der Waals surface area contributed by atoms with Crippen molar-refractivity contribution in [2.24, 2.45) is 0 Å². The summed E-state index contributed by atoms with van der Waals surface area (Å²) in [6, 6.07) is 11.2. The largest absolute Gasteiger partial charge is 0.384 e. The number of hydrogen-bond donors (Lipinski definition) is 2. The standard InChI is InChI=1S/C15H12ClIN2O/c16-11-3-4-13(12(17)8-11)19-15(20)10-2-1-9-5-6-18-14(9)7-10/h1-4,7-8,18H,5-6H2,(H,19,20). The molecule has 20 heavy (non-hydrogen) atoms. The molecule has 2 aromatic rings. The molecule has 2 aromatic carbocycles. The summed E-state index contributed by atoms with van der Waals surface area (Å²) in [4.78, 5) is 12.3. The molecule has 1 aliphatic heterocycles. The van der Waals surface area contributed by atoms with E-state index in [0.29, 0.717) is 10.6 Å². The maximum Gasteiger partial charge on any atom is 0.255 e. The van der Waals surface area contributed by atoms with Crippen molar-refractivity contribution < 1.29 is 4.79 Å². The fourth-order valence-electron chi connectivity index (χ4n) is 2.22. The van der Waals surface area contributed by atoms with Crippen LogP contribution in [-0.2, 0) is 6.42 Å². The second-order valence-corrected chi connectivity index (χ2v) is 6.23. The Kier molecular flexibility index (Phi) is 3.85. The average molecular weight is 399 g/mol. The minimum Gasteiger partial charge on any atom is -0.384 e. The highest BCUT2D eigenvalue weighted by molar-refractivity contribution is 14.1. The van der Waals surface area contributed by atoms with Gasteiger partial charge in [-0.2, -0.15) is 0 Å². The van der Waals surface area contributed by atoms with Crippen molar-refractivity contribution in [1.29, 1.82) is 0 Å². The molecule has 1 aliphatic rings. The van der Waals surface area contributed by atoms with Gasteiger partial charge in [0.15, 0.2) is 0 Å². The Balaban J connectivity index is 1.82. The lowest BCUT2D eigenvalue weighted by atomic mass is 10.1. The van der Waals surface area contributed by atoms with Gasteiger partial charge in [-0.25, -0.2) is 0 Å². The van der Waals surface area contributed by atoms with Gasteiger partial charge in [-0.1, -0.05) is 17.7 Å². The summed E-state index contributed by atoms with van der Waals surface area (Å²) in [5, 5.41) is 6.85. The molecule has 2 N–H and O–H groups in total. The van der Waals surface area contributed by atoms with E-state index in [1.165, 1.54) is 5.56 Å². The Labute approximate surface area is 135 Å². The van der Waals surface area contributed by atoms with Crippen molar-refractivity contribution in [3.8, 4) is 0 Å². The molecule has 1 heterocycles. The van der Waals surface area contributed by atoms with Crippen LogP contribution in [0.2, 0.25) is 5.02 Å². The molecule has 102 valence electrons. The van der Waals surface area contributed by atoms with Gasteiger partial charge in [0.25, 0.3) is 5.91 Å². The number of hydrogen-bond acceptors (Lipinski definition) is 2. The topological polar surface area (TPSA) is 41.1 Å². The molecule has 0 aromatic heterocycles. The highest BCUT2D eigenvalue weighted by Crippen LogP contribution is 2.25. The van der Waals surface area contributed by atoms with Gasteiger partial charge in [-0.3, -0.25) is 4.79 Å². The zero-order chi connectivity index (χ0) is 14.1. The van der Waals surface area contributed by atoms with Crippen LogP contribution in [0, 0.1) is 3.57 Å². The molecule has 0 radical (unpaired) electrons. The number of amides is 1. The molecule has 0 bridgehead atoms. The first kappa shape index (κ1) is 13.7. The Hall–Kier alpha value is -1.27. The molecule has 0 aliphatic carbocycles. The Morgan fingerprint density at radius 1 is 1.25 bits per heavy atom. The van der Waals surface area contributed by atoms with E-state index < -0.39 is 0 Å². The number of halogens is 2. The summed E-state index contributed by atoms with van der Waals surface area (Å²) in [6.07, 6.45) is 1.02. The van der Waals surface area contributed by atoms with Gasteiger partial charge in [-0.05, 0) is 64.9 Å². The number of rotatable bonds is 2. The molecular weight excluding hydrogens is 387 g/mol. The van der Waals surface area contributed by atoms with E-state index in [9.17, 15) is 4.79 Å². The third kappa shape index (κ3) is 2.76. The lowest BCUT2D eigenvalue weighted by Crippen LogP contribution is -2.13. The van der Waals surface area contributed by atoms with Crippen LogP contribution in [-0.4, -0.2) is 12.5 Å². The quantitative estimate of drug-likeness (QED) is 0.746. The smallest absolute Gasteiger partial charge is 0.255 e. The molecule has 0 fully saturated rings. The van der Waals surface area contributed by atoms with Gasteiger partial charge in [-0.15, -0.1) is 0 Å². The first-order chi connectivity index (χ1) is 9.63. The van der Waals surface area contributed by atoms with Crippen LogP contribution in [0.25, 0.3) is 0 Å². The number of anilines is 2. The molecule has 0 unspecified atom stereocenters. The van der Waals surface area contributed by atoms with Crippen molar-refractivity contribution in [3.05, 3.63) is 56.1 Å². The highest BCUT2D eigenvalue weighted by Gasteiger charge is 2.14. The van der Waals surface area contributed by atoms with E-state index >= 15 is 0 Å². The number of carbonyl (C=O) groups excluding carboxylic acids is 1. The van der Waals surface area contributed by atoms with E-state index in [2.05, 4.69) is 33.2 Å². The lowest BCUT2D eigenvalue weighted by molar-refractivity contribution is 0.102. The van der Waals surface area contributed by atoms with Gasteiger partial charge in [0.05, 0.1) is 5.69 Å². The van der Waals surface area contributed by atoms with Crippen molar-refractivity contribution in [1.82, 2.24) is 0 Å². The number of fused-ring (bicyclic) bond motifs is 1. The normalized spacial score (nSPS) is 12.7. The zero-order valence-corrected chi connectivity index (χ0v) is 13.5. The molecule has 0 saturated carbocycles. The molecule has 0 saturated heterocycles.